The van der Waals surface area contributed by atoms with Crippen LogP contribution in [0.4, 0.5) is 0 Å². The van der Waals surface area contributed by atoms with Gasteiger partial charge in [-0.25, -0.2) is 0 Å². The van der Waals surface area contributed by atoms with E-state index in [0.717, 1.165) is 0 Å². The highest BCUT2D eigenvalue weighted by Crippen LogP contribution is 2.21. The monoisotopic (exact) mass is 239 g/mol. The van der Waals surface area contributed by atoms with Crippen molar-refractivity contribution < 1.29 is 0 Å². The molecule has 0 bridgehead atoms. The van der Waals surface area contributed by atoms with Crippen molar-refractivity contribution in [3.63, 3.8) is 0 Å². The molecule has 1 fully saturated rings. The summed E-state index contributed by atoms with van der Waals surface area (Å²) in [6.45, 7) is 11.0. The number of likely N-dealkylation sites (tertiary alicyclic amines) is 1. The Balaban J connectivity index is 2.38. The van der Waals surface area contributed by atoms with Crippen LogP contribution in [0.3, 0.4) is 0 Å². The zero-order valence-electron chi connectivity index (χ0n) is 11.5. The summed E-state index contributed by atoms with van der Waals surface area (Å²) in [4.78, 5) is 2.61. The van der Waals surface area contributed by atoms with Crippen LogP contribution in [0.5, 0.6) is 0 Å². The minimum atomic E-state index is -1.01. The molecule has 94 valence electrons. The first-order valence-electron chi connectivity index (χ1n) is 7.16. The van der Waals surface area contributed by atoms with Crippen LogP contribution in [0.15, 0.2) is 11.8 Å². The van der Waals surface area contributed by atoms with Gasteiger partial charge in [0, 0.05) is 6.54 Å². The Labute approximate surface area is 103 Å². The van der Waals surface area contributed by atoms with E-state index in [4.69, 9.17) is 0 Å². The molecule has 0 unspecified atom stereocenters. The molecule has 0 aromatic rings. The molecule has 0 aromatic heterocycles. The van der Waals surface area contributed by atoms with Gasteiger partial charge in [-0.05, 0) is 25.9 Å². The van der Waals surface area contributed by atoms with E-state index < -0.39 is 8.07 Å². The predicted molar refractivity (Wildman–Crippen MR) is 76.6 cm³/mol. The molecule has 0 saturated carbocycles. The molecule has 0 aromatic carbocycles. The number of hydrogen-bond acceptors (Lipinski definition) is 1. The number of nitrogens with zero attached hydrogens (tertiary/aromatic N) is 1. The number of hydrogen-bond donors (Lipinski definition) is 0. The minimum Gasteiger partial charge on any atom is -0.300 e. The second-order valence-electron chi connectivity index (χ2n) is 5.19. The summed E-state index contributed by atoms with van der Waals surface area (Å²) in [6.07, 6.45) is 6.74. The van der Waals surface area contributed by atoms with Crippen molar-refractivity contribution in [1.29, 1.82) is 0 Å². The fraction of sp³-hybridized carbons (Fsp3) is 0.857. The average Bonchev–Trinajstić information content (AvgIpc) is 2.37. The first kappa shape index (κ1) is 14.0. The third-order valence-corrected chi connectivity index (χ3v) is 9.56. The largest absolute Gasteiger partial charge is 0.300 e. The van der Waals surface area contributed by atoms with E-state index >= 15 is 0 Å². The van der Waals surface area contributed by atoms with Crippen molar-refractivity contribution in [2.45, 2.75) is 58.2 Å². The maximum atomic E-state index is 2.63. The van der Waals surface area contributed by atoms with Crippen molar-refractivity contribution in [1.82, 2.24) is 4.90 Å². The molecule has 0 spiro atoms. The van der Waals surface area contributed by atoms with Crippen molar-refractivity contribution in [2.75, 3.05) is 19.6 Å². The van der Waals surface area contributed by atoms with E-state index in [1.54, 1.807) is 0 Å². The summed E-state index contributed by atoms with van der Waals surface area (Å²) in [6, 6.07) is 4.24. The molecule has 1 aliphatic heterocycles. The van der Waals surface area contributed by atoms with Crippen molar-refractivity contribution in [3.8, 4) is 0 Å². The highest BCUT2D eigenvalue weighted by atomic mass is 28.3. The van der Waals surface area contributed by atoms with Gasteiger partial charge in [-0.15, -0.1) is 0 Å². The van der Waals surface area contributed by atoms with Crippen molar-refractivity contribution in [3.05, 3.63) is 11.8 Å². The Morgan fingerprint density at radius 2 is 1.50 bits per heavy atom. The normalized spacial score (nSPS) is 19.4. The molecule has 0 amide bonds. The number of piperidine rings is 1. The van der Waals surface area contributed by atoms with Crippen LogP contribution >= 0.6 is 0 Å². The molecular formula is C14H29NSi. The lowest BCUT2D eigenvalue weighted by molar-refractivity contribution is 0.251. The standard InChI is InChI=1S/C14H29NSi/c1-4-16(5-2,6-3)14-10-13-15-11-8-7-9-12-15/h10,14H,4-9,11-13H2,1-3H3/b14-10+. The minimum absolute atomic E-state index is 1.01. The quantitative estimate of drug-likeness (QED) is 0.631. The van der Waals surface area contributed by atoms with Gasteiger partial charge < -0.3 is 0 Å². The first-order valence-corrected chi connectivity index (χ1v) is 9.86. The van der Waals surface area contributed by atoms with E-state index in [0.29, 0.717) is 0 Å². The van der Waals surface area contributed by atoms with Gasteiger partial charge in [0.2, 0.25) is 0 Å². The van der Waals surface area contributed by atoms with E-state index in [-0.39, 0.29) is 0 Å². The fourth-order valence-electron chi connectivity index (χ4n) is 2.70. The average molecular weight is 239 g/mol. The zero-order valence-corrected chi connectivity index (χ0v) is 12.5. The lowest BCUT2D eigenvalue weighted by Crippen LogP contribution is -2.32. The van der Waals surface area contributed by atoms with E-state index in [2.05, 4.69) is 37.4 Å². The molecule has 1 heterocycles. The molecule has 1 nitrogen and oxygen atoms in total. The van der Waals surface area contributed by atoms with E-state index in [1.807, 2.05) is 0 Å². The van der Waals surface area contributed by atoms with Gasteiger partial charge in [0.1, 0.15) is 0 Å². The van der Waals surface area contributed by atoms with Crippen LogP contribution < -0.4 is 0 Å². The molecule has 2 heteroatoms. The maximum absolute atomic E-state index is 2.63. The zero-order chi connectivity index (χ0) is 11.9. The van der Waals surface area contributed by atoms with Gasteiger partial charge in [0.25, 0.3) is 0 Å². The van der Waals surface area contributed by atoms with Gasteiger partial charge in [-0.1, -0.05) is 57.1 Å². The summed E-state index contributed by atoms with van der Waals surface area (Å²) in [5.74, 6) is 0. The molecule has 1 aliphatic rings. The van der Waals surface area contributed by atoms with Crippen LogP contribution in [-0.2, 0) is 0 Å². The summed E-state index contributed by atoms with van der Waals surface area (Å²) < 4.78 is 0. The van der Waals surface area contributed by atoms with E-state index in [9.17, 15) is 0 Å². The molecule has 1 rings (SSSR count). The Kier molecular flexibility index (Phi) is 6.36. The van der Waals surface area contributed by atoms with Crippen LogP contribution in [0, 0.1) is 0 Å². The Morgan fingerprint density at radius 3 is 2.00 bits per heavy atom. The smallest absolute Gasteiger partial charge is 0.0766 e. The van der Waals surface area contributed by atoms with Gasteiger partial charge in [0.05, 0.1) is 8.07 Å². The molecule has 0 aliphatic carbocycles. The first-order chi connectivity index (χ1) is 7.76. The van der Waals surface area contributed by atoms with Crippen LogP contribution in [-0.4, -0.2) is 32.6 Å². The highest BCUT2D eigenvalue weighted by Gasteiger charge is 2.22. The summed E-state index contributed by atoms with van der Waals surface area (Å²) in [5, 5.41) is 0. The van der Waals surface area contributed by atoms with Gasteiger partial charge >= 0.3 is 0 Å². The SMILES string of the molecule is CC[Si](/C=C/CN1CCCCC1)(CC)CC. The van der Waals surface area contributed by atoms with Gasteiger partial charge in [-0.2, -0.15) is 0 Å². The summed E-state index contributed by atoms with van der Waals surface area (Å²) in [7, 11) is -1.01. The highest BCUT2D eigenvalue weighted by molar-refractivity contribution is 6.84. The molecule has 1 saturated heterocycles. The lowest BCUT2D eigenvalue weighted by atomic mass is 10.1. The second-order valence-corrected chi connectivity index (χ2v) is 10.4. The second kappa shape index (κ2) is 7.28. The fourth-order valence-corrected chi connectivity index (χ4v) is 5.51. The van der Waals surface area contributed by atoms with E-state index in [1.165, 1.54) is 57.0 Å². The Morgan fingerprint density at radius 1 is 0.938 bits per heavy atom. The molecule has 0 atom stereocenters. The molecular weight excluding hydrogens is 210 g/mol. The summed E-state index contributed by atoms with van der Waals surface area (Å²) in [5.41, 5.74) is 2.63. The Hall–Kier alpha value is -0.0831. The summed E-state index contributed by atoms with van der Waals surface area (Å²) >= 11 is 0. The van der Waals surface area contributed by atoms with Crippen molar-refractivity contribution >= 4 is 8.07 Å². The molecule has 16 heavy (non-hydrogen) atoms. The van der Waals surface area contributed by atoms with Crippen LogP contribution in [0.25, 0.3) is 0 Å². The van der Waals surface area contributed by atoms with Crippen molar-refractivity contribution in [2.24, 2.45) is 0 Å². The molecule has 0 N–H and O–H groups in total. The topological polar surface area (TPSA) is 3.24 Å². The third-order valence-electron chi connectivity index (χ3n) is 4.40. The van der Waals surface area contributed by atoms with Gasteiger partial charge in [0.15, 0.2) is 0 Å². The molecule has 0 radical (unpaired) electrons. The van der Waals surface area contributed by atoms with Gasteiger partial charge in [-0.3, -0.25) is 4.90 Å². The Bertz CT molecular complexity index is 195. The predicted octanol–water partition coefficient (Wildman–Crippen LogP) is 4.08. The third kappa shape index (κ3) is 4.06. The maximum Gasteiger partial charge on any atom is 0.0766 e. The van der Waals surface area contributed by atoms with Crippen LogP contribution in [0.1, 0.15) is 40.0 Å². The number of rotatable bonds is 6. The van der Waals surface area contributed by atoms with Crippen LogP contribution in [0.2, 0.25) is 18.1 Å². The lowest BCUT2D eigenvalue weighted by Gasteiger charge is -2.27.